The number of aromatic nitrogens is 2. The van der Waals surface area contributed by atoms with Crippen LogP contribution in [0, 0.1) is 27.7 Å². The zero-order valence-corrected chi connectivity index (χ0v) is 20.7. The van der Waals surface area contributed by atoms with Crippen molar-refractivity contribution in [2.75, 3.05) is 6.61 Å². The number of ether oxygens (including phenoxy) is 2. The van der Waals surface area contributed by atoms with E-state index in [1.165, 1.54) is 0 Å². The Labute approximate surface area is 195 Å². The quantitative estimate of drug-likeness (QED) is 0.524. The predicted molar refractivity (Wildman–Crippen MR) is 130 cm³/mol. The van der Waals surface area contributed by atoms with Crippen LogP contribution in [-0.2, 0) is 20.8 Å². The topological polar surface area (TPSA) is 73.6 Å². The predicted octanol–water partition coefficient (Wildman–Crippen LogP) is 5.67. The lowest BCUT2D eigenvalue weighted by molar-refractivity contribution is -0.160. The largest absolute Gasteiger partial charge is 0.479 e. The van der Waals surface area contributed by atoms with Crippen LogP contribution in [0.15, 0.2) is 24.3 Å². The van der Waals surface area contributed by atoms with E-state index in [4.69, 9.17) is 14.5 Å². The normalized spacial score (nSPS) is 17.2. The van der Waals surface area contributed by atoms with Gasteiger partial charge in [-0.15, -0.1) is 0 Å². The summed E-state index contributed by atoms with van der Waals surface area (Å²) in [5.41, 5.74) is 6.77. The van der Waals surface area contributed by atoms with E-state index in [9.17, 15) is 9.90 Å². The number of aryl methyl sites for hydroxylation is 3. The summed E-state index contributed by atoms with van der Waals surface area (Å²) in [7, 11) is 0. The number of hydrogen-bond acceptors (Lipinski definition) is 4. The molecular formula is C27H34N2O4. The van der Waals surface area contributed by atoms with E-state index in [1.807, 2.05) is 34.6 Å². The zero-order valence-electron chi connectivity index (χ0n) is 20.7. The molecule has 6 heteroatoms. The lowest BCUT2D eigenvalue weighted by atomic mass is 9.90. The molecule has 1 N–H and O–H groups in total. The molecule has 0 spiro atoms. The molecule has 1 fully saturated rings. The van der Waals surface area contributed by atoms with Crippen LogP contribution in [0.5, 0.6) is 0 Å². The highest BCUT2D eigenvalue weighted by atomic mass is 16.5. The SMILES string of the molecule is Cc1ccc(-c2c([C@H](OC(C)(C)C)C(=O)O)c(C)nc3c2c(C)c(C)n3CC2CCO2)cc1. The minimum Gasteiger partial charge on any atom is -0.479 e. The van der Waals surface area contributed by atoms with Gasteiger partial charge in [0, 0.05) is 34.5 Å². The van der Waals surface area contributed by atoms with Gasteiger partial charge in [-0.05, 0) is 66.0 Å². The first-order valence-corrected chi connectivity index (χ1v) is 11.6. The standard InChI is InChI=1S/C27H34N2O4/c1-15-8-10-19(11-9-15)23-21-16(2)18(4)29(14-20-12-13-32-20)25(21)28-17(3)22(23)24(26(30)31)33-27(5,6)7/h8-11,20,24H,12-14H2,1-7H3,(H,30,31)/t20?,24-/m0/s1. The Morgan fingerprint density at radius 2 is 1.85 bits per heavy atom. The molecule has 0 aliphatic carbocycles. The van der Waals surface area contributed by atoms with Crippen LogP contribution in [0.25, 0.3) is 22.2 Å². The molecule has 3 aromatic rings. The molecule has 6 nitrogen and oxygen atoms in total. The molecule has 1 aliphatic heterocycles. The van der Waals surface area contributed by atoms with E-state index in [0.717, 1.165) is 58.6 Å². The number of carboxylic acid groups (broad SMARTS) is 1. The summed E-state index contributed by atoms with van der Waals surface area (Å²) in [5.74, 6) is -1.01. The van der Waals surface area contributed by atoms with Crippen molar-refractivity contribution in [2.24, 2.45) is 0 Å². The Balaban J connectivity index is 2.06. The Kier molecular flexibility index (Phi) is 6.10. The summed E-state index contributed by atoms with van der Waals surface area (Å²) >= 11 is 0. The molecule has 2 aromatic heterocycles. The summed E-state index contributed by atoms with van der Waals surface area (Å²) in [4.78, 5) is 17.4. The number of carbonyl (C=O) groups is 1. The maximum atomic E-state index is 12.5. The summed E-state index contributed by atoms with van der Waals surface area (Å²) < 4.78 is 14.0. The number of carboxylic acids is 1. The van der Waals surface area contributed by atoms with E-state index < -0.39 is 17.7 Å². The molecule has 0 bridgehead atoms. The minimum absolute atomic E-state index is 0.194. The summed E-state index contributed by atoms with van der Waals surface area (Å²) in [6.07, 6.45) is 0.108. The first-order valence-electron chi connectivity index (χ1n) is 11.6. The van der Waals surface area contributed by atoms with Crippen molar-refractivity contribution in [3.63, 3.8) is 0 Å². The van der Waals surface area contributed by atoms with Crippen LogP contribution in [-0.4, -0.2) is 38.9 Å². The first kappa shape index (κ1) is 23.5. The van der Waals surface area contributed by atoms with Gasteiger partial charge in [0.05, 0.1) is 18.2 Å². The van der Waals surface area contributed by atoms with E-state index in [2.05, 4.69) is 42.7 Å². The molecule has 1 aromatic carbocycles. The van der Waals surface area contributed by atoms with Gasteiger partial charge in [0.15, 0.2) is 6.10 Å². The second-order valence-electron chi connectivity index (χ2n) is 10.1. The van der Waals surface area contributed by atoms with E-state index in [0.29, 0.717) is 11.3 Å². The van der Waals surface area contributed by atoms with E-state index in [1.54, 1.807) is 0 Å². The highest BCUT2D eigenvalue weighted by Gasteiger charge is 2.34. The van der Waals surface area contributed by atoms with Gasteiger partial charge in [-0.3, -0.25) is 0 Å². The molecule has 0 saturated carbocycles. The molecule has 1 saturated heterocycles. The second-order valence-corrected chi connectivity index (χ2v) is 10.1. The third kappa shape index (κ3) is 4.42. The number of benzene rings is 1. The molecule has 2 atom stereocenters. The van der Waals surface area contributed by atoms with Gasteiger partial charge < -0.3 is 19.1 Å². The van der Waals surface area contributed by atoms with Crippen molar-refractivity contribution in [3.05, 3.63) is 52.3 Å². The van der Waals surface area contributed by atoms with E-state index >= 15 is 0 Å². The average Bonchev–Trinajstić information content (AvgIpc) is 2.92. The number of pyridine rings is 1. The molecule has 0 radical (unpaired) electrons. The Bertz CT molecular complexity index is 1200. The highest BCUT2D eigenvalue weighted by molar-refractivity contribution is 6.00. The molecule has 0 amide bonds. The fourth-order valence-corrected chi connectivity index (χ4v) is 4.58. The molecule has 1 aliphatic rings. The molecule has 176 valence electrons. The Morgan fingerprint density at radius 3 is 2.36 bits per heavy atom. The minimum atomic E-state index is -1.13. The van der Waals surface area contributed by atoms with Crippen LogP contribution >= 0.6 is 0 Å². The van der Waals surface area contributed by atoms with Crippen LogP contribution < -0.4 is 0 Å². The molecule has 4 rings (SSSR count). The number of hydrogen-bond donors (Lipinski definition) is 1. The third-order valence-electron chi connectivity index (χ3n) is 6.46. The van der Waals surface area contributed by atoms with Gasteiger partial charge in [-0.25, -0.2) is 9.78 Å². The van der Waals surface area contributed by atoms with Gasteiger partial charge in [-0.1, -0.05) is 29.8 Å². The van der Waals surface area contributed by atoms with Crippen molar-refractivity contribution in [2.45, 2.75) is 79.2 Å². The van der Waals surface area contributed by atoms with Crippen LogP contribution in [0.1, 0.15) is 61.4 Å². The highest BCUT2D eigenvalue weighted by Crippen LogP contribution is 2.42. The van der Waals surface area contributed by atoms with Crippen LogP contribution in [0.4, 0.5) is 0 Å². The van der Waals surface area contributed by atoms with Gasteiger partial charge in [0.25, 0.3) is 0 Å². The maximum Gasteiger partial charge on any atom is 0.337 e. The third-order valence-corrected chi connectivity index (χ3v) is 6.46. The van der Waals surface area contributed by atoms with Crippen molar-refractivity contribution < 1.29 is 19.4 Å². The summed E-state index contributed by atoms with van der Waals surface area (Å²) in [5, 5.41) is 11.2. The molecule has 1 unspecified atom stereocenters. The molecular weight excluding hydrogens is 416 g/mol. The Hall–Kier alpha value is -2.70. The van der Waals surface area contributed by atoms with Crippen LogP contribution in [0.2, 0.25) is 0 Å². The average molecular weight is 451 g/mol. The number of aliphatic carboxylic acids is 1. The smallest absolute Gasteiger partial charge is 0.337 e. The maximum absolute atomic E-state index is 12.5. The summed E-state index contributed by atoms with van der Waals surface area (Å²) in [6, 6.07) is 8.24. The van der Waals surface area contributed by atoms with Crippen molar-refractivity contribution in [1.82, 2.24) is 9.55 Å². The fourth-order valence-electron chi connectivity index (χ4n) is 4.58. The Morgan fingerprint density at radius 1 is 1.21 bits per heavy atom. The van der Waals surface area contributed by atoms with E-state index in [-0.39, 0.29) is 6.10 Å². The van der Waals surface area contributed by atoms with Gasteiger partial charge >= 0.3 is 5.97 Å². The van der Waals surface area contributed by atoms with Gasteiger partial charge in [0.2, 0.25) is 0 Å². The van der Waals surface area contributed by atoms with Crippen molar-refractivity contribution >= 4 is 17.0 Å². The number of rotatable bonds is 6. The van der Waals surface area contributed by atoms with Crippen molar-refractivity contribution in [3.8, 4) is 11.1 Å². The number of nitrogens with zero attached hydrogens (tertiary/aromatic N) is 2. The lowest BCUT2D eigenvalue weighted by Gasteiger charge is -2.29. The number of fused-ring (bicyclic) bond motifs is 1. The lowest BCUT2D eigenvalue weighted by Crippen LogP contribution is -2.31. The molecule has 33 heavy (non-hydrogen) atoms. The van der Waals surface area contributed by atoms with Gasteiger partial charge in [-0.2, -0.15) is 0 Å². The first-order chi connectivity index (χ1) is 15.5. The van der Waals surface area contributed by atoms with Crippen LogP contribution in [0.3, 0.4) is 0 Å². The van der Waals surface area contributed by atoms with Crippen molar-refractivity contribution in [1.29, 1.82) is 0 Å². The molecule has 3 heterocycles. The zero-order chi connectivity index (χ0) is 24.1. The monoisotopic (exact) mass is 450 g/mol. The second kappa shape index (κ2) is 8.58. The summed E-state index contributed by atoms with van der Waals surface area (Å²) in [6.45, 7) is 15.3. The fraction of sp³-hybridized carbons (Fsp3) is 0.481. The van der Waals surface area contributed by atoms with Gasteiger partial charge in [0.1, 0.15) is 5.65 Å².